The lowest BCUT2D eigenvalue weighted by molar-refractivity contribution is 0.508. The SMILES string of the molecule is Cc1ccc2nc(CCCCCCN)oc2c1. The van der Waals surface area contributed by atoms with Crippen LogP contribution in [0.5, 0.6) is 0 Å². The van der Waals surface area contributed by atoms with E-state index in [2.05, 4.69) is 18.0 Å². The van der Waals surface area contributed by atoms with Gasteiger partial charge in [0.25, 0.3) is 0 Å². The minimum absolute atomic E-state index is 0.794. The number of nitrogens with zero attached hydrogens (tertiary/aromatic N) is 1. The third-order valence-corrected chi connectivity index (χ3v) is 2.93. The van der Waals surface area contributed by atoms with Crippen molar-refractivity contribution in [1.29, 1.82) is 0 Å². The normalized spacial score (nSPS) is 11.2. The monoisotopic (exact) mass is 232 g/mol. The summed E-state index contributed by atoms with van der Waals surface area (Å²) < 4.78 is 5.72. The highest BCUT2D eigenvalue weighted by Gasteiger charge is 2.05. The van der Waals surface area contributed by atoms with Gasteiger partial charge in [-0.3, -0.25) is 0 Å². The number of aryl methyl sites for hydroxylation is 2. The molecule has 1 aromatic heterocycles. The fraction of sp³-hybridized carbons (Fsp3) is 0.500. The van der Waals surface area contributed by atoms with Crippen LogP contribution in [-0.4, -0.2) is 11.5 Å². The van der Waals surface area contributed by atoms with E-state index >= 15 is 0 Å². The number of fused-ring (bicyclic) bond motifs is 1. The van der Waals surface area contributed by atoms with Crippen molar-refractivity contribution in [3.05, 3.63) is 29.7 Å². The van der Waals surface area contributed by atoms with Gasteiger partial charge in [0.15, 0.2) is 11.5 Å². The molecule has 1 heterocycles. The first kappa shape index (κ1) is 12.1. The number of hydrogen-bond donors (Lipinski definition) is 1. The maximum atomic E-state index is 5.72. The fourth-order valence-corrected chi connectivity index (χ4v) is 1.96. The summed E-state index contributed by atoms with van der Waals surface area (Å²) in [5, 5.41) is 0. The van der Waals surface area contributed by atoms with E-state index in [-0.39, 0.29) is 0 Å². The molecule has 92 valence electrons. The van der Waals surface area contributed by atoms with Crippen LogP contribution in [0.1, 0.15) is 37.1 Å². The van der Waals surface area contributed by atoms with Gasteiger partial charge in [-0.1, -0.05) is 18.9 Å². The Hall–Kier alpha value is -1.35. The van der Waals surface area contributed by atoms with Gasteiger partial charge in [0, 0.05) is 6.42 Å². The van der Waals surface area contributed by atoms with Crippen molar-refractivity contribution in [3.63, 3.8) is 0 Å². The van der Waals surface area contributed by atoms with E-state index in [1.54, 1.807) is 0 Å². The Labute approximate surface area is 102 Å². The number of rotatable bonds is 6. The minimum atomic E-state index is 0.794. The van der Waals surface area contributed by atoms with Gasteiger partial charge in [-0.25, -0.2) is 4.98 Å². The smallest absolute Gasteiger partial charge is 0.195 e. The van der Waals surface area contributed by atoms with E-state index in [0.29, 0.717) is 0 Å². The van der Waals surface area contributed by atoms with Crippen molar-refractivity contribution in [2.24, 2.45) is 5.73 Å². The average Bonchev–Trinajstić information content (AvgIpc) is 2.70. The van der Waals surface area contributed by atoms with Crippen LogP contribution in [0.15, 0.2) is 22.6 Å². The van der Waals surface area contributed by atoms with Crippen LogP contribution < -0.4 is 5.73 Å². The van der Waals surface area contributed by atoms with E-state index in [4.69, 9.17) is 10.2 Å². The van der Waals surface area contributed by atoms with Crippen molar-refractivity contribution in [3.8, 4) is 0 Å². The van der Waals surface area contributed by atoms with Crippen LogP contribution in [0.3, 0.4) is 0 Å². The van der Waals surface area contributed by atoms with Gasteiger partial charge in [0.1, 0.15) is 5.52 Å². The van der Waals surface area contributed by atoms with Crippen molar-refractivity contribution >= 4 is 11.1 Å². The third kappa shape index (κ3) is 3.30. The maximum Gasteiger partial charge on any atom is 0.195 e. The first-order chi connectivity index (χ1) is 8.29. The predicted molar refractivity (Wildman–Crippen MR) is 70.0 cm³/mol. The molecule has 3 heteroatoms. The van der Waals surface area contributed by atoms with Crippen LogP contribution in [0.2, 0.25) is 0 Å². The molecule has 3 nitrogen and oxygen atoms in total. The highest BCUT2D eigenvalue weighted by Crippen LogP contribution is 2.18. The molecule has 0 aliphatic rings. The Morgan fingerprint density at radius 3 is 2.82 bits per heavy atom. The molecule has 0 saturated carbocycles. The third-order valence-electron chi connectivity index (χ3n) is 2.93. The molecule has 0 unspecified atom stereocenters. The van der Waals surface area contributed by atoms with Gasteiger partial charge in [0.05, 0.1) is 0 Å². The van der Waals surface area contributed by atoms with Crippen molar-refractivity contribution in [1.82, 2.24) is 4.98 Å². The van der Waals surface area contributed by atoms with E-state index in [1.165, 1.54) is 18.4 Å². The minimum Gasteiger partial charge on any atom is -0.441 e. The number of unbranched alkanes of at least 4 members (excludes halogenated alkanes) is 3. The lowest BCUT2D eigenvalue weighted by Crippen LogP contribution is -1.97. The van der Waals surface area contributed by atoms with E-state index in [1.807, 2.05) is 12.1 Å². The molecule has 0 bridgehead atoms. The Morgan fingerprint density at radius 1 is 1.18 bits per heavy atom. The predicted octanol–water partition coefficient (Wildman–Crippen LogP) is 3.20. The molecular formula is C14H20N2O. The molecule has 0 aliphatic carbocycles. The standard InChI is InChI=1S/C14H20N2O/c1-11-7-8-12-13(10-11)17-14(16-12)6-4-2-3-5-9-15/h7-8,10H,2-6,9,15H2,1H3. The number of benzene rings is 1. The van der Waals surface area contributed by atoms with Crippen LogP contribution >= 0.6 is 0 Å². The lowest BCUT2D eigenvalue weighted by Gasteiger charge is -1.96. The second-order valence-electron chi connectivity index (χ2n) is 4.53. The Kier molecular flexibility index (Phi) is 4.15. The molecule has 2 N–H and O–H groups in total. The van der Waals surface area contributed by atoms with Crippen molar-refractivity contribution in [2.45, 2.75) is 39.0 Å². The summed E-state index contributed by atoms with van der Waals surface area (Å²) in [5.41, 5.74) is 8.54. The van der Waals surface area contributed by atoms with Crippen molar-refractivity contribution < 1.29 is 4.42 Å². The topological polar surface area (TPSA) is 52.0 Å². The van der Waals surface area contributed by atoms with E-state index in [0.717, 1.165) is 42.8 Å². The zero-order chi connectivity index (χ0) is 12.1. The number of nitrogens with two attached hydrogens (primary N) is 1. The summed E-state index contributed by atoms with van der Waals surface area (Å²) in [6, 6.07) is 6.13. The van der Waals surface area contributed by atoms with Gasteiger partial charge < -0.3 is 10.2 Å². The van der Waals surface area contributed by atoms with Crippen LogP contribution in [0.25, 0.3) is 11.1 Å². The van der Waals surface area contributed by atoms with Crippen LogP contribution in [-0.2, 0) is 6.42 Å². The Morgan fingerprint density at radius 2 is 2.00 bits per heavy atom. The quantitative estimate of drug-likeness (QED) is 0.778. The molecule has 0 aliphatic heterocycles. The second kappa shape index (κ2) is 5.82. The number of aromatic nitrogens is 1. The Balaban J connectivity index is 1.91. The molecular weight excluding hydrogens is 212 g/mol. The fourth-order valence-electron chi connectivity index (χ4n) is 1.96. The maximum absolute atomic E-state index is 5.72. The van der Waals surface area contributed by atoms with Gasteiger partial charge in [-0.2, -0.15) is 0 Å². The molecule has 0 fully saturated rings. The first-order valence-corrected chi connectivity index (χ1v) is 6.36. The number of oxazole rings is 1. The lowest BCUT2D eigenvalue weighted by atomic mass is 10.1. The molecule has 0 radical (unpaired) electrons. The molecule has 2 aromatic rings. The molecule has 0 saturated heterocycles. The summed E-state index contributed by atoms with van der Waals surface area (Å²) in [6.07, 6.45) is 5.58. The zero-order valence-corrected chi connectivity index (χ0v) is 10.4. The van der Waals surface area contributed by atoms with Crippen LogP contribution in [0, 0.1) is 6.92 Å². The number of hydrogen-bond acceptors (Lipinski definition) is 3. The van der Waals surface area contributed by atoms with Crippen LogP contribution in [0.4, 0.5) is 0 Å². The van der Waals surface area contributed by atoms with Gasteiger partial charge in [-0.05, 0) is 44.0 Å². The summed E-state index contributed by atoms with van der Waals surface area (Å²) in [5.74, 6) is 0.860. The summed E-state index contributed by atoms with van der Waals surface area (Å²) in [6.45, 7) is 2.86. The van der Waals surface area contributed by atoms with E-state index in [9.17, 15) is 0 Å². The largest absolute Gasteiger partial charge is 0.441 e. The van der Waals surface area contributed by atoms with Gasteiger partial charge in [-0.15, -0.1) is 0 Å². The highest BCUT2D eigenvalue weighted by molar-refractivity contribution is 5.73. The second-order valence-corrected chi connectivity index (χ2v) is 4.53. The summed E-state index contributed by atoms with van der Waals surface area (Å²) in [4.78, 5) is 4.48. The molecule has 1 aromatic carbocycles. The zero-order valence-electron chi connectivity index (χ0n) is 10.4. The summed E-state index contributed by atoms with van der Waals surface area (Å²) in [7, 11) is 0. The molecule has 0 atom stereocenters. The molecule has 0 amide bonds. The summed E-state index contributed by atoms with van der Waals surface area (Å²) >= 11 is 0. The molecule has 2 rings (SSSR count). The van der Waals surface area contributed by atoms with Gasteiger partial charge in [0.2, 0.25) is 0 Å². The highest BCUT2D eigenvalue weighted by atomic mass is 16.3. The molecule has 17 heavy (non-hydrogen) atoms. The van der Waals surface area contributed by atoms with Crippen molar-refractivity contribution in [2.75, 3.05) is 6.54 Å². The Bertz CT molecular complexity index is 476. The average molecular weight is 232 g/mol. The first-order valence-electron chi connectivity index (χ1n) is 6.36. The van der Waals surface area contributed by atoms with Gasteiger partial charge >= 0.3 is 0 Å². The molecule has 0 spiro atoms. The van der Waals surface area contributed by atoms with E-state index < -0.39 is 0 Å².